The van der Waals surface area contributed by atoms with E-state index < -0.39 is 54.0 Å². The molecule has 0 radical (unpaired) electrons. The molecule has 3 atom stereocenters. The van der Waals surface area contributed by atoms with Crippen LogP contribution in [0.2, 0.25) is 0 Å². The highest BCUT2D eigenvalue weighted by Crippen LogP contribution is 2.49. The maximum absolute atomic E-state index is 13.5. The zero-order valence-electron chi connectivity index (χ0n) is 20.4. The average Bonchev–Trinajstić information content (AvgIpc) is 3.27. The third kappa shape index (κ3) is 4.82. The summed E-state index contributed by atoms with van der Waals surface area (Å²) in [7, 11) is 3.40. The fourth-order valence-electron chi connectivity index (χ4n) is 4.69. The molecule has 0 aromatic heterocycles. The van der Waals surface area contributed by atoms with Crippen molar-refractivity contribution >= 4 is 24.0 Å². The topological polar surface area (TPSA) is 108 Å². The number of allylic oxidation sites excluding steroid dienone is 1. The Morgan fingerprint density at radius 3 is 1.94 bits per heavy atom. The van der Waals surface area contributed by atoms with Gasteiger partial charge in [-0.3, -0.25) is 19.3 Å². The van der Waals surface area contributed by atoms with Crippen LogP contribution >= 0.6 is 0 Å². The van der Waals surface area contributed by atoms with Crippen molar-refractivity contribution < 1.29 is 38.1 Å². The van der Waals surface area contributed by atoms with Crippen LogP contribution in [-0.2, 0) is 33.3 Å². The molecule has 0 bridgehead atoms. The summed E-state index contributed by atoms with van der Waals surface area (Å²) in [5, 5.41) is 0. The van der Waals surface area contributed by atoms with Gasteiger partial charge in [0.05, 0.1) is 33.8 Å². The molecule has 2 aromatic rings. The Balaban J connectivity index is 2.29. The molecular weight excluding hydrogens is 466 g/mol. The molecule has 0 saturated carbocycles. The van der Waals surface area contributed by atoms with Gasteiger partial charge in [-0.05, 0) is 17.5 Å². The van der Waals surface area contributed by atoms with Crippen molar-refractivity contribution in [1.29, 1.82) is 0 Å². The molecule has 1 heterocycles. The molecule has 0 N–H and O–H groups in total. The summed E-state index contributed by atoms with van der Waals surface area (Å²) in [4.78, 5) is 54.0. The second kappa shape index (κ2) is 11.5. The van der Waals surface area contributed by atoms with Crippen molar-refractivity contribution in [3.8, 4) is 0 Å². The van der Waals surface area contributed by atoms with E-state index in [9.17, 15) is 19.2 Å². The number of benzene rings is 2. The third-order valence-corrected chi connectivity index (χ3v) is 6.35. The van der Waals surface area contributed by atoms with Gasteiger partial charge in [0.1, 0.15) is 6.04 Å². The van der Waals surface area contributed by atoms with Gasteiger partial charge in [0, 0.05) is 0 Å². The average molecular weight is 496 g/mol. The van der Waals surface area contributed by atoms with Gasteiger partial charge in [0.2, 0.25) is 0 Å². The van der Waals surface area contributed by atoms with Crippen molar-refractivity contribution in [2.24, 2.45) is 5.41 Å². The van der Waals surface area contributed by atoms with E-state index in [0.29, 0.717) is 11.1 Å². The first-order valence-electron chi connectivity index (χ1n) is 11.3. The minimum Gasteiger partial charge on any atom is -0.469 e. The third-order valence-electron chi connectivity index (χ3n) is 6.35. The van der Waals surface area contributed by atoms with Crippen LogP contribution in [0.5, 0.6) is 0 Å². The van der Waals surface area contributed by atoms with Crippen LogP contribution in [0.1, 0.15) is 36.1 Å². The number of methoxy groups -OCH3 is 3. The smallest absolute Gasteiger partial charge is 0.411 e. The highest BCUT2D eigenvalue weighted by atomic mass is 16.6. The van der Waals surface area contributed by atoms with Crippen LogP contribution < -0.4 is 0 Å². The summed E-state index contributed by atoms with van der Waals surface area (Å²) in [6, 6.07) is 15.9. The lowest BCUT2D eigenvalue weighted by Gasteiger charge is -2.41. The van der Waals surface area contributed by atoms with Crippen LogP contribution in [0.15, 0.2) is 73.3 Å². The molecule has 36 heavy (non-hydrogen) atoms. The lowest BCUT2D eigenvalue weighted by atomic mass is 9.73. The van der Waals surface area contributed by atoms with Gasteiger partial charge < -0.3 is 18.9 Å². The number of hydrogen-bond donors (Lipinski definition) is 0. The van der Waals surface area contributed by atoms with Gasteiger partial charge in [0.15, 0.2) is 11.5 Å². The molecule has 9 heteroatoms. The minimum absolute atomic E-state index is 0.269. The molecule has 1 amide bonds. The predicted octanol–water partition coefficient (Wildman–Crippen LogP) is 3.76. The highest BCUT2D eigenvalue weighted by molar-refractivity contribution is 6.02. The van der Waals surface area contributed by atoms with E-state index in [1.807, 2.05) is 36.4 Å². The molecule has 9 nitrogen and oxygen atoms in total. The Bertz CT molecular complexity index is 1090. The zero-order valence-corrected chi connectivity index (χ0v) is 20.4. The van der Waals surface area contributed by atoms with Crippen molar-refractivity contribution in [1.82, 2.24) is 4.90 Å². The Kier molecular flexibility index (Phi) is 8.47. The number of carbonyl (C=O) groups is 4. The molecule has 0 aliphatic carbocycles. The molecule has 0 spiro atoms. The maximum Gasteiger partial charge on any atom is 0.411 e. The van der Waals surface area contributed by atoms with E-state index in [1.165, 1.54) is 18.1 Å². The van der Waals surface area contributed by atoms with Crippen LogP contribution in [0.4, 0.5) is 4.79 Å². The summed E-state index contributed by atoms with van der Waals surface area (Å²) in [6.45, 7) is 3.68. The Labute approximate surface area is 209 Å². The first-order chi connectivity index (χ1) is 17.3. The summed E-state index contributed by atoms with van der Waals surface area (Å²) in [6.07, 6.45) is -1.04. The van der Waals surface area contributed by atoms with E-state index in [4.69, 9.17) is 18.9 Å². The number of hydrogen-bond acceptors (Lipinski definition) is 8. The van der Waals surface area contributed by atoms with Crippen LogP contribution in [0.3, 0.4) is 0 Å². The Morgan fingerprint density at radius 2 is 1.47 bits per heavy atom. The van der Waals surface area contributed by atoms with E-state index >= 15 is 0 Å². The molecule has 1 fully saturated rings. The Hall–Kier alpha value is -4.14. The standard InChI is InChI=1S/C27H29NO8/c1-5-16-27(24(30)34-3,25(31)35-4)20(17-21(29)33-2)28-22(18-12-8-6-9-13-18)23(36-26(28)32)19-14-10-7-11-15-19/h5-15,20,22-23H,1,16-17H2,2-4H3/t20-,22+,23-/m0/s1. The van der Waals surface area contributed by atoms with Gasteiger partial charge in [-0.1, -0.05) is 66.7 Å². The van der Waals surface area contributed by atoms with Gasteiger partial charge in [-0.2, -0.15) is 0 Å². The Morgan fingerprint density at radius 1 is 0.944 bits per heavy atom. The summed E-state index contributed by atoms with van der Waals surface area (Å²) < 4.78 is 20.7. The van der Waals surface area contributed by atoms with Crippen molar-refractivity contribution in [3.63, 3.8) is 0 Å². The van der Waals surface area contributed by atoms with E-state index in [-0.39, 0.29) is 6.42 Å². The summed E-state index contributed by atoms with van der Waals surface area (Å²) in [5.74, 6) is -2.71. The lowest BCUT2D eigenvalue weighted by Crippen LogP contribution is -2.58. The van der Waals surface area contributed by atoms with Gasteiger partial charge in [-0.25, -0.2) is 4.79 Å². The quantitative estimate of drug-likeness (QED) is 0.212. The number of nitrogens with zero attached hydrogens (tertiary/aromatic N) is 1. The molecule has 190 valence electrons. The van der Waals surface area contributed by atoms with Crippen LogP contribution in [0, 0.1) is 5.41 Å². The highest BCUT2D eigenvalue weighted by Gasteiger charge is 2.61. The van der Waals surface area contributed by atoms with Gasteiger partial charge >= 0.3 is 24.0 Å². The number of ether oxygens (including phenoxy) is 4. The monoisotopic (exact) mass is 495 g/mol. The first-order valence-corrected chi connectivity index (χ1v) is 11.3. The number of esters is 3. The van der Waals surface area contributed by atoms with Crippen molar-refractivity contribution in [3.05, 3.63) is 84.4 Å². The molecule has 1 saturated heterocycles. The molecule has 1 aliphatic heterocycles. The van der Waals surface area contributed by atoms with Crippen LogP contribution in [0.25, 0.3) is 0 Å². The maximum atomic E-state index is 13.5. The number of carbonyl (C=O) groups excluding carboxylic acids is 4. The van der Waals surface area contributed by atoms with E-state index in [1.54, 1.807) is 24.3 Å². The fourth-order valence-corrected chi connectivity index (χ4v) is 4.69. The van der Waals surface area contributed by atoms with Crippen molar-refractivity contribution in [2.45, 2.75) is 31.0 Å². The van der Waals surface area contributed by atoms with E-state index in [2.05, 4.69) is 6.58 Å². The molecular formula is C27H29NO8. The molecule has 0 unspecified atom stereocenters. The van der Waals surface area contributed by atoms with Crippen LogP contribution in [-0.4, -0.2) is 56.3 Å². The molecule has 1 aliphatic rings. The zero-order chi connectivity index (χ0) is 26.3. The van der Waals surface area contributed by atoms with Gasteiger partial charge in [-0.15, -0.1) is 6.58 Å². The summed E-state index contributed by atoms with van der Waals surface area (Å²) >= 11 is 0. The first kappa shape index (κ1) is 26.5. The molecule has 2 aromatic carbocycles. The lowest BCUT2D eigenvalue weighted by molar-refractivity contribution is -0.175. The predicted molar refractivity (Wildman–Crippen MR) is 128 cm³/mol. The van der Waals surface area contributed by atoms with Crippen molar-refractivity contribution in [2.75, 3.05) is 21.3 Å². The second-order valence-corrected chi connectivity index (χ2v) is 8.22. The minimum atomic E-state index is -2.11. The number of amides is 1. The van der Waals surface area contributed by atoms with Gasteiger partial charge in [0.25, 0.3) is 0 Å². The summed E-state index contributed by atoms with van der Waals surface area (Å²) in [5.41, 5.74) is -0.740. The SMILES string of the molecule is C=CCC(C(=O)OC)(C(=O)OC)[C@H](CC(=O)OC)N1C(=O)O[C@@H](c2ccccc2)[C@H]1c1ccccc1. The normalized spacial score (nSPS) is 18.1. The largest absolute Gasteiger partial charge is 0.469 e. The fraction of sp³-hybridized carbons (Fsp3) is 0.333. The number of rotatable bonds is 10. The molecule has 3 rings (SSSR count). The second-order valence-electron chi connectivity index (χ2n) is 8.22. The van der Waals surface area contributed by atoms with E-state index in [0.717, 1.165) is 14.2 Å². The number of cyclic esters (lactones) is 1.